The fourth-order valence-electron chi connectivity index (χ4n) is 3.64. The van der Waals surface area contributed by atoms with Gasteiger partial charge in [0.15, 0.2) is 0 Å². The summed E-state index contributed by atoms with van der Waals surface area (Å²) >= 11 is 5.70. The van der Waals surface area contributed by atoms with Gasteiger partial charge in [-0.15, -0.1) is 0 Å². The van der Waals surface area contributed by atoms with Crippen molar-refractivity contribution in [3.63, 3.8) is 0 Å². The topological polar surface area (TPSA) is 20.2 Å². The zero-order valence-corrected chi connectivity index (χ0v) is 12.5. The van der Waals surface area contributed by atoms with Gasteiger partial charge in [0.05, 0.1) is 11.1 Å². The Kier molecular flexibility index (Phi) is 4.22. The third kappa shape index (κ3) is 2.95. The molecule has 0 aliphatic heterocycles. The van der Waals surface area contributed by atoms with Crippen LogP contribution in [-0.2, 0) is 0 Å². The molecule has 1 saturated carbocycles. The van der Waals surface area contributed by atoms with Crippen molar-refractivity contribution < 1.29 is 9.50 Å². The van der Waals surface area contributed by atoms with Crippen LogP contribution < -0.4 is 0 Å². The maximum Gasteiger partial charge on any atom is 0.142 e. The number of halogens is 2. The van der Waals surface area contributed by atoms with Gasteiger partial charge < -0.3 is 5.11 Å². The van der Waals surface area contributed by atoms with Crippen molar-refractivity contribution in [2.45, 2.75) is 46.1 Å². The Labute approximate surface area is 119 Å². The SMILES string of the molecule is CC1CCCC(C)(C)[C@H]1[C@H](O)c1ccc(Cl)c(F)c1. The van der Waals surface area contributed by atoms with Gasteiger partial charge in [-0.2, -0.15) is 0 Å². The molecule has 1 aromatic carbocycles. The second kappa shape index (κ2) is 5.41. The van der Waals surface area contributed by atoms with Gasteiger partial charge in [0, 0.05) is 0 Å². The first-order valence-corrected chi connectivity index (χ1v) is 7.34. The molecule has 2 rings (SSSR count). The van der Waals surface area contributed by atoms with Gasteiger partial charge in [-0.25, -0.2) is 4.39 Å². The third-order valence-corrected chi connectivity index (χ3v) is 4.93. The van der Waals surface area contributed by atoms with Crippen LogP contribution in [0.25, 0.3) is 0 Å². The molecular formula is C16H22ClFO. The van der Waals surface area contributed by atoms with Gasteiger partial charge in [-0.1, -0.05) is 51.3 Å². The molecule has 0 bridgehead atoms. The third-order valence-electron chi connectivity index (χ3n) is 4.62. The summed E-state index contributed by atoms with van der Waals surface area (Å²) in [5, 5.41) is 10.8. The molecule has 1 aliphatic rings. The summed E-state index contributed by atoms with van der Waals surface area (Å²) in [4.78, 5) is 0. The number of hydrogen-bond donors (Lipinski definition) is 1. The average molecular weight is 285 g/mol. The molecule has 0 aromatic heterocycles. The largest absolute Gasteiger partial charge is 0.388 e. The fourth-order valence-corrected chi connectivity index (χ4v) is 3.76. The highest BCUT2D eigenvalue weighted by Gasteiger charge is 2.41. The van der Waals surface area contributed by atoms with E-state index in [0.29, 0.717) is 11.5 Å². The second-order valence-corrected chi connectivity index (χ2v) is 6.91. The van der Waals surface area contributed by atoms with Crippen LogP contribution >= 0.6 is 11.6 Å². The summed E-state index contributed by atoms with van der Waals surface area (Å²) in [5.41, 5.74) is 0.710. The van der Waals surface area contributed by atoms with E-state index in [0.717, 1.165) is 12.8 Å². The van der Waals surface area contributed by atoms with E-state index < -0.39 is 11.9 Å². The molecule has 0 spiro atoms. The molecule has 0 saturated heterocycles. The normalized spacial score (nSPS) is 28.1. The van der Waals surface area contributed by atoms with Gasteiger partial charge in [0.2, 0.25) is 0 Å². The van der Waals surface area contributed by atoms with Crippen LogP contribution in [-0.4, -0.2) is 5.11 Å². The van der Waals surface area contributed by atoms with Gasteiger partial charge in [-0.05, 0) is 41.4 Å². The Morgan fingerprint density at radius 1 is 1.42 bits per heavy atom. The van der Waals surface area contributed by atoms with Gasteiger partial charge in [0.1, 0.15) is 5.82 Å². The van der Waals surface area contributed by atoms with E-state index in [9.17, 15) is 9.50 Å². The molecule has 1 unspecified atom stereocenters. The lowest BCUT2D eigenvalue weighted by Crippen LogP contribution is -2.37. The molecule has 1 aliphatic carbocycles. The van der Waals surface area contributed by atoms with Crippen molar-refractivity contribution in [3.8, 4) is 0 Å². The molecule has 1 aromatic rings. The number of hydrogen-bond acceptors (Lipinski definition) is 1. The molecular weight excluding hydrogens is 263 g/mol. The Hall–Kier alpha value is -0.600. The van der Waals surface area contributed by atoms with E-state index in [1.54, 1.807) is 6.07 Å². The summed E-state index contributed by atoms with van der Waals surface area (Å²) in [6, 6.07) is 4.62. The van der Waals surface area contributed by atoms with Crippen molar-refractivity contribution in [2.24, 2.45) is 17.3 Å². The maximum atomic E-state index is 13.6. The molecule has 19 heavy (non-hydrogen) atoms. The van der Waals surface area contributed by atoms with E-state index >= 15 is 0 Å². The minimum atomic E-state index is -0.628. The molecule has 3 atom stereocenters. The predicted molar refractivity (Wildman–Crippen MR) is 76.7 cm³/mol. The lowest BCUT2D eigenvalue weighted by atomic mass is 9.61. The average Bonchev–Trinajstić information content (AvgIpc) is 2.31. The van der Waals surface area contributed by atoms with E-state index in [1.807, 2.05) is 0 Å². The van der Waals surface area contributed by atoms with Gasteiger partial charge >= 0.3 is 0 Å². The van der Waals surface area contributed by atoms with Gasteiger partial charge in [-0.3, -0.25) is 0 Å². The molecule has 106 valence electrons. The number of aliphatic hydroxyl groups excluding tert-OH is 1. The predicted octanol–water partition coefficient (Wildman–Crippen LogP) is 4.97. The first kappa shape index (κ1) is 14.8. The van der Waals surface area contributed by atoms with Crippen molar-refractivity contribution in [1.29, 1.82) is 0 Å². The maximum absolute atomic E-state index is 13.6. The molecule has 1 nitrogen and oxygen atoms in total. The molecule has 1 fully saturated rings. The van der Waals surface area contributed by atoms with Crippen LogP contribution in [0, 0.1) is 23.1 Å². The summed E-state index contributed by atoms with van der Waals surface area (Å²) in [5.74, 6) is 0.138. The Bertz CT molecular complexity index is 458. The molecule has 0 heterocycles. The Morgan fingerprint density at radius 3 is 2.68 bits per heavy atom. The highest BCUT2D eigenvalue weighted by Crippen LogP contribution is 2.49. The van der Waals surface area contributed by atoms with Crippen LogP contribution in [0.1, 0.15) is 51.7 Å². The summed E-state index contributed by atoms with van der Waals surface area (Å²) in [7, 11) is 0. The minimum Gasteiger partial charge on any atom is -0.388 e. The lowest BCUT2D eigenvalue weighted by molar-refractivity contribution is -0.0294. The van der Waals surface area contributed by atoms with Crippen LogP contribution in [0.3, 0.4) is 0 Å². The molecule has 3 heteroatoms. The monoisotopic (exact) mass is 284 g/mol. The zero-order chi connectivity index (χ0) is 14.2. The smallest absolute Gasteiger partial charge is 0.142 e. The van der Waals surface area contributed by atoms with E-state index in [4.69, 9.17) is 11.6 Å². The fraction of sp³-hybridized carbons (Fsp3) is 0.625. The summed E-state index contributed by atoms with van der Waals surface area (Å²) < 4.78 is 13.6. The highest BCUT2D eigenvalue weighted by atomic mass is 35.5. The Morgan fingerprint density at radius 2 is 2.11 bits per heavy atom. The second-order valence-electron chi connectivity index (χ2n) is 6.50. The van der Waals surface area contributed by atoms with E-state index in [1.165, 1.54) is 18.6 Å². The quantitative estimate of drug-likeness (QED) is 0.812. The van der Waals surface area contributed by atoms with Crippen LogP contribution in [0.15, 0.2) is 18.2 Å². The van der Waals surface area contributed by atoms with E-state index in [2.05, 4.69) is 20.8 Å². The standard InChI is InChI=1S/C16H22ClFO/c1-10-5-4-8-16(2,3)14(10)15(19)11-6-7-12(17)13(18)9-11/h6-7,9-10,14-15,19H,4-5,8H2,1-3H3/t10?,14-,15-/m1/s1. The van der Waals surface area contributed by atoms with Gasteiger partial charge in [0.25, 0.3) is 0 Å². The molecule has 0 radical (unpaired) electrons. The Balaban J connectivity index is 2.30. The summed E-state index contributed by atoms with van der Waals surface area (Å²) in [6.45, 7) is 6.58. The summed E-state index contributed by atoms with van der Waals surface area (Å²) in [6.07, 6.45) is 2.81. The van der Waals surface area contributed by atoms with Crippen LogP contribution in [0.4, 0.5) is 4.39 Å². The van der Waals surface area contributed by atoms with Crippen molar-refractivity contribution in [2.75, 3.05) is 0 Å². The van der Waals surface area contributed by atoms with Crippen molar-refractivity contribution in [3.05, 3.63) is 34.6 Å². The van der Waals surface area contributed by atoms with Crippen LogP contribution in [0.2, 0.25) is 5.02 Å². The highest BCUT2D eigenvalue weighted by molar-refractivity contribution is 6.30. The van der Waals surface area contributed by atoms with Crippen LogP contribution in [0.5, 0.6) is 0 Å². The molecule has 0 amide bonds. The molecule has 1 N–H and O–H groups in total. The zero-order valence-electron chi connectivity index (χ0n) is 11.8. The lowest BCUT2D eigenvalue weighted by Gasteiger charge is -2.45. The number of benzene rings is 1. The first-order valence-electron chi connectivity index (χ1n) is 6.96. The van der Waals surface area contributed by atoms with Crippen molar-refractivity contribution in [1.82, 2.24) is 0 Å². The van der Waals surface area contributed by atoms with E-state index in [-0.39, 0.29) is 16.4 Å². The van der Waals surface area contributed by atoms with Crippen molar-refractivity contribution >= 4 is 11.6 Å². The first-order chi connectivity index (χ1) is 8.83. The minimum absolute atomic E-state index is 0.0766. The number of aliphatic hydroxyl groups is 1. The number of rotatable bonds is 2.